The van der Waals surface area contributed by atoms with Gasteiger partial charge in [0.05, 0.1) is 26.4 Å². The molecule has 0 radical (unpaired) electrons. The summed E-state index contributed by atoms with van der Waals surface area (Å²) in [4.78, 5) is 11.4. The summed E-state index contributed by atoms with van der Waals surface area (Å²) in [6.07, 6.45) is 0. The third-order valence-electron chi connectivity index (χ3n) is 2.13. The molecular weight excluding hydrogens is 224 g/mol. The molecule has 1 rings (SSSR count). The number of rotatable bonds is 6. The number of esters is 1. The van der Waals surface area contributed by atoms with Gasteiger partial charge in [0.15, 0.2) is 11.5 Å². The quantitative estimate of drug-likeness (QED) is 0.557. The van der Waals surface area contributed by atoms with E-state index in [-0.39, 0.29) is 0 Å². The van der Waals surface area contributed by atoms with Crippen molar-refractivity contribution in [2.24, 2.45) is 0 Å². The van der Waals surface area contributed by atoms with Crippen LogP contribution in [0.4, 0.5) is 0 Å². The number of methoxy groups -OCH3 is 3. The normalized spacial score (nSPS) is 9.82. The molecule has 1 aromatic carbocycles. The SMILES string of the molecule is COCCOc1cc(C(=O)OC)ccc1OC. The van der Waals surface area contributed by atoms with Crippen molar-refractivity contribution in [1.82, 2.24) is 0 Å². The first kappa shape index (κ1) is 13.3. The summed E-state index contributed by atoms with van der Waals surface area (Å²) >= 11 is 0. The number of carbonyl (C=O) groups excluding carboxylic acids is 1. The molecule has 0 spiro atoms. The Labute approximate surface area is 100 Å². The molecular formula is C12H16O5. The minimum Gasteiger partial charge on any atom is -0.493 e. The van der Waals surface area contributed by atoms with Gasteiger partial charge in [0.2, 0.25) is 0 Å². The van der Waals surface area contributed by atoms with Crippen LogP contribution < -0.4 is 9.47 Å². The van der Waals surface area contributed by atoms with E-state index in [1.54, 1.807) is 25.3 Å². The van der Waals surface area contributed by atoms with Crippen molar-refractivity contribution < 1.29 is 23.7 Å². The molecule has 0 bridgehead atoms. The van der Waals surface area contributed by atoms with E-state index in [4.69, 9.17) is 14.2 Å². The van der Waals surface area contributed by atoms with Gasteiger partial charge in [0.25, 0.3) is 0 Å². The van der Waals surface area contributed by atoms with Crippen molar-refractivity contribution in [2.75, 3.05) is 34.5 Å². The van der Waals surface area contributed by atoms with Crippen LogP contribution in [-0.4, -0.2) is 40.5 Å². The predicted octanol–water partition coefficient (Wildman–Crippen LogP) is 1.51. The fourth-order valence-corrected chi connectivity index (χ4v) is 1.27. The standard InChI is InChI=1S/C12H16O5/c1-14-6-7-17-11-8-9(12(13)16-3)4-5-10(11)15-2/h4-5,8H,6-7H2,1-3H3. The Kier molecular flexibility index (Phi) is 5.29. The maximum absolute atomic E-state index is 11.4. The molecule has 17 heavy (non-hydrogen) atoms. The maximum Gasteiger partial charge on any atom is 0.337 e. The monoisotopic (exact) mass is 240 g/mol. The Morgan fingerprint density at radius 3 is 2.47 bits per heavy atom. The second kappa shape index (κ2) is 6.75. The topological polar surface area (TPSA) is 54.0 Å². The van der Waals surface area contributed by atoms with Crippen molar-refractivity contribution in [2.45, 2.75) is 0 Å². The van der Waals surface area contributed by atoms with Crippen LogP contribution in [-0.2, 0) is 9.47 Å². The fourth-order valence-electron chi connectivity index (χ4n) is 1.27. The van der Waals surface area contributed by atoms with E-state index in [9.17, 15) is 4.79 Å². The van der Waals surface area contributed by atoms with Gasteiger partial charge in [-0.2, -0.15) is 0 Å². The first-order valence-electron chi connectivity index (χ1n) is 5.11. The first-order valence-corrected chi connectivity index (χ1v) is 5.11. The molecule has 0 aliphatic heterocycles. The van der Waals surface area contributed by atoms with E-state index in [0.717, 1.165) is 0 Å². The highest BCUT2D eigenvalue weighted by Gasteiger charge is 2.11. The van der Waals surface area contributed by atoms with Crippen LogP contribution >= 0.6 is 0 Å². The zero-order chi connectivity index (χ0) is 12.7. The molecule has 94 valence electrons. The molecule has 5 heteroatoms. The summed E-state index contributed by atoms with van der Waals surface area (Å²) in [7, 11) is 4.46. The van der Waals surface area contributed by atoms with Crippen molar-refractivity contribution in [1.29, 1.82) is 0 Å². The number of hydrogen-bond acceptors (Lipinski definition) is 5. The van der Waals surface area contributed by atoms with Gasteiger partial charge in [-0.3, -0.25) is 0 Å². The largest absolute Gasteiger partial charge is 0.493 e. The summed E-state index contributed by atoms with van der Waals surface area (Å²) in [5, 5.41) is 0. The molecule has 0 saturated carbocycles. The van der Waals surface area contributed by atoms with Gasteiger partial charge in [0, 0.05) is 7.11 Å². The Balaban J connectivity index is 2.86. The fraction of sp³-hybridized carbons (Fsp3) is 0.417. The molecule has 0 unspecified atom stereocenters. The first-order chi connectivity index (χ1) is 8.22. The van der Waals surface area contributed by atoms with Crippen molar-refractivity contribution in [3.05, 3.63) is 23.8 Å². The third-order valence-corrected chi connectivity index (χ3v) is 2.13. The number of hydrogen-bond donors (Lipinski definition) is 0. The zero-order valence-corrected chi connectivity index (χ0v) is 10.2. The van der Waals surface area contributed by atoms with E-state index < -0.39 is 5.97 Å². The molecule has 0 N–H and O–H groups in total. The molecule has 0 aliphatic rings. The van der Waals surface area contributed by atoms with Gasteiger partial charge in [-0.25, -0.2) is 4.79 Å². The lowest BCUT2D eigenvalue weighted by molar-refractivity contribution is 0.0600. The molecule has 0 atom stereocenters. The van der Waals surface area contributed by atoms with E-state index in [1.165, 1.54) is 14.2 Å². The molecule has 0 amide bonds. The van der Waals surface area contributed by atoms with Crippen LogP contribution in [0, 0.1) is 0 Å². The lowest BCUT2D eigenvalue weighted by atomic mass is 10.2. The summed E-state index contributed by atoms with van der Waals surface area (Å²) < 4.78 is 20.1. The Morgan fingerprint density at radius 1 is 1.12 bits per heavy atom. The van der Waals surface area contributed by atoms with Crippen LogP contribution in [0.3, 0.4) is 0 Å². The van der Waals surface area contributed by atoms with E-state index in [2.05, 4.69) is 4.74 Å². The highest BCUT2D eigenvalue weighted by molar-refractivity contribution is 5.90. The van der Waals surface area contributed by atoms with Crippen molar-refractivity contribution in [3.8, 4) is 11.5 Å². The highest BCUT2D eigenvalue weighted by Crippen LogP contribution is 2.28. The molecule has 0 fully saturated rings. The summed E-state index contributed by atoms with van der Waals surface area (Å²) in [6.45, 7) is 0.850. The molecule has 1 aromatic rings. The lowest BCUT2D eigenvalue weighted by Gasteiger charge is -2.11. The summed E-state index contributed by atoms with van der Waals surface area (Å²) in [5.41, 5.74) is 0.417. The molecule has 0 aliphatic carbocycles. The smallest absolute Gasteiger partial charge is 0.337 e. The van der Waals surface area contributed by atoms with Crippen molar-refractivity contribution in [3.63, 3.8) is 0 Å². The maximum atomic E-state index is 11.4. The van der Waals surface area contributed by atoms with Crippen LogP contribution in [0.5, 0.6) is 11.5 Å². The minimum atomic E-state index is -0.413. The third kappa shape index (κ3) is 3.64. The number of benzene rings is 1. The average molecular weight is 240 g/mol. The Morgan fingerprint density at radius 2 is 1.88 bits per heavy atom. The number of ether oxygens (including phenoxy) is 4. The summed E-state index contributed by atoms with van der Waals surface area (Å²) in [6, 6.07) is 4.86. The van der Waals surface area contributed by atoms with E-state index >= 15 is 0 Å². The van der Waals surface area contributed by atoms with Gasteiger partial charge in [0.1, 0.15) is 6.61 Å². The van der Waals surface area contributed by atoms with E-state index in [1.807, 2.05) is 0 Å². The highest BCUT2D eigenvalue weighted by atomic mass is 16.5. The van der Waals surface area contributed by atoms with Crippen LogP contribution in [0.1, 0.15) is 10.4 Å². The molecule has 0 aromatic heterocycles. The number of carbonyl (C=O) groups is 1. The van der Waals surface area contributed by atoms with Gasteiger partial charge >= 0.3 is 5.97 Å². The lowest BCUT2D eigenvalue weighted by Crippen LogP contribution is -2.07. The molecule has 0 heterocycles. The van der Waals surface area contributed by atoms with Gasteiger partial charge < -0.3 is 18.9 Å². The van der Waals surface area contributed by atoms with Gasteiger partial charge in [-0.1, -0.05) is 0 Å². The van der Waals surface area contributed by atoms with E-state index in [0.29, 0.717) is 30.3 Å². The van der Waals surface area contributed by atoms with Crippen LogP contribution in [0.2, 0.25) is 0 Å². The second-order valence-electron chi connectivity index (χ2n) is 3.20. The van der Waals surface area contributed by atoms with Crippen LogP contribution in [0.15, 0.2) is 18.2 Å². The average Bonchev–Trinajstić information content (AvgIpc) is 2.38. The predicted molar refractivity (Wildman–Crippen MR) is 61.7 cm³/mol. The second-order valence-corrected chi connectivity index (χ2v) is 3.20. The van der Waals surface area contributed by atoms with Crippen LogP contribution in [0.25, 0.3) is 0 Å². The van der Waals surface area contributed by atoms with Gasteiger partial charge in [-0.15, -0.1) is 0 Å². The summed E-state index contributed by atoms with van der Waals surface area (Å²) in [5.74, 6) is 0.644. The minimum absolute atomic E-state index is 0.386. The zero-order valence-electron chi connectivity index (χ0n) is 10.2. The Hall–Kier alpha value is -1.75. The molecule has 0 saturated heterocycles. The Bertz CT molecular complexity index is 375. The molecule has 5 nitrogen and oxygen atoms in total. The van der Waals surface area contributed by atoms with Gasteiger partial charge in [-0.05, 0) is 18.2 Å². The van der Waals surface area contributed by atoms with Crippen molar-refractivity contribution >= 4 is 5.97 Å².